The van der Waals surface area contributed by atoms with Crippen molar-refractivity contribution in [2.45, 2.75) is 52.3 Å². The van der Waals surface area contributed by atoms with Gasteiger partial charge >= 0.3 is 0 Å². The van der Waals surface area contributed by atoms with E-state index in [1.54, 1.807) is 13.3 Å². The minimum atomic E-state index is -0.344. The van der Waals surface area contributed by atoms with Gasteiger partial charge in [-0.15, -0.1) is 0 Å². The summed E-state index contributed by atoms with van der Waals surface area (Å²) < 4.78 is 13.3. The zero-order valence-corrected chi connectivity index (χ0v) is 13.2. The lowest BCUT2D eigenvalue weighted by molar-refractivity contribution is -0.0401. The molecule has 0 bridgehead atoms. The van der Waals surface area contributed by atoms with Gasteiger partial charge in [0, 0.05) is 12.6 Å². The van der Waals surface area contributed by atoms with E-state index in [0.29, 0.717) is 6.61 Å². The average Bonchev–Trinajstić information content (AvgIpc) is 2.73. The highest BCUT2D eigenvalue weighted by atomic mass is 16.5. The topological polar surface area (TPSA) is 48.3 Å². The summed E-state index contributed by atoms with van der Waals surface area (Å²) in [6.45, 7) is 11.0. The Morgan fingerprint density at radius 2 is 2.05 bits per heavy atom. The van der Waals surface area contributed by atoms with E-state index >= 15 is 0 Å². The zero-order valence-electron chi connectivity index (χ0n) is 13.2. The van der Waals surface area contributed by atoms with Crippen LogP contribution in [0.4, 0.5) is 0 Å². The molecule has 19 heavy (non-hydrogen) atoms. The molecule has 1 unspecified atom stereocenters. The minimum Gasteiger partial charge on any atom is -0.493 e. The van der Waals surface area contributed by atoms with Gasteiger partial charge in [-0.1, -0.05) is 0 Å². The Hall–Kier alpha value is -1.07. The summed E-state index contributed by atoms with van der Waals surface area (Å²) in [4.78, 5) is 0. The number of rotatable bonds is 7. The summed E-state index contributed by atoms with van der Waals surface area (Å²) in [5.74, 6) is 0.792. The van der Waals surface area contributed by atoms with Crippen molar-refractivity contribution in [2.75, 3.05) is 20.8 Å². The molecule has 0 aromatic carbocycles. The van der Waals surface area contributed by atoms with Gasteiger partial charge in [0.05, 0.1) is 24.9 Å². The molecule has 1 N–H and O–H groups in total. The summed E-state index contributed by atoms with van der Waals surface area (Å²) in [6, 6.07) is 0.277. The molecule has 0 saturated heterocycles. The molecule has 1 aromatic heterocycles. The van der Waals surface area contributed by atoms with Crippen LogP contribution in [-0.4, -0.2) is 36.1 Å². The Balaban J connectivity index is 3.27. The molecule has 5 heteroatoms. The van der Waals surface area contributed by atoms with Crippen LogP contribution in [0.5, 0.6) is 5.75 Å². The van der Waals surface area contributed by atoms with Gasteiger partial charge in [-0.2, -0.15) is 5.10 Å². The molecular formula is C14H27N3O2. The van der Waals surface area contributed by atoms with Crippen LogP contribution in [0, 0.1) is 0 Å². The third-order valence-electron chi connectivity index (χ3n) is 3.28. The van der Waals surface area contributed by atoms with E-state index in [4.69, 9.17) is 9.47 Å². The Labute approximate surface area is 116 Å². The van der Waals surface area contributed by atoms with Gasteiger partial charge in [-0.3, -0.25) is 4.68 Å². The summed E-state index contributed by atoms with van der Waals surface area (Å²) >= 11 is 0. The molecule has 1 aromatic rings. The van der Waals surface area contributed by atoms with E-state index in [1.165, 1.54) is 0 Å². The standard InChI is InChI=1S/C14H27N3O2/c1-8-19-14(4,5)13(15-6)12-11(18-7)9-16-17(12)10(2)3/h9-10,13,15H,8H2,1-7H3. The molecule has 0 aliphatic rings. The van der Waals surface area contributed by atoms with Crippen LogP contribution in [0.2, 0.25) is 0 Å². The fourth-order valence-corrected chi connectivity index (χ4v) is 2.47. The second-order valence-electron chi connectivity index (χ2n) is 5.39. The first-order chi connectivity index (χ1) is 8.88. The number of nitrogens with zero attached hydrogens (tertiary/aromatic N) is 2. The molecule has 1 atom stereocenters. The fourth-order valence-electron chi connectivity index (χ4n) is 2.47. The van der Waals surface area contributed by atoms with Crippen molar-refractivity contribution in [3.8, 4) is 5.75 Å². The Morgan fingerprint density at radius 3 is 2.47 bits per heavy atom. The van der Waals surface area contributed by atoms with Crippen molar-refractivity contribution < 1.29 is 9.47 Å². The zero-order chi connectivity index (χ0) is 14.6. The maximum absolute atomic E-state index is 5.88. The number of likely N-dealkylation sites (N-methyl/N-ethyl adjacent to an activating group) is 1. The van der Waals surface area contributed by atoms with E-state index in [0.717, 1.165) is 11.4 Å². The Morgan fingerprint density at radius 1 is 1.42 bits per heavy atom. The maximum Gasteiger partial charge on any atom is 0.161 e. The normalized spacial score (nSPS) is 13.9. The molecule has 0 aliphatic carbocycles. The molecule has 1 heterocycles. The van der Waals surface area contributed by atoms with E-state index in [1.807, 2.05) is 18.7 Å². The monoisotopic (exact) mass is 269 g/mol. The van der Waals surface area contributed by atoms with Crippen LogP contribution < -0.4 is 10.1 Å². The second kappa shape index (κ2) is 6.39. The lowest BCUT2D eigenvalue weighted by Crippen LogP contribution is -2.41. The van der Waals surface area contributed by atoms with E-state index in [-0.39, 0.29) is 17.7 Å². The van der Waals surface area contributed by atoms with Gasteiger partial charge in [0.25, 0.3) is 0 Å². The number of aromatic nitrogens is 2. The predicted molar refractivity (Wildman–Crippen MR) is 76.7 cm³/mol. The molecule has 1 rings (SSSR count). The molecule has 0 spiro atoms. The van der Waals surface area contributed by atoms with Crippen LogP contribution >= 0.6 is 0 Å². The number of hydrogen-bond donors (Lipinski definition) is 1. The SMILES string of the molecule is CCOC(C)(C)C(NC)c1c(OC)cnn1C(C)C. The van der Waals surface area contributed by atoms with Crippen LogP contribution in [0.3, 0.4) is 0 Å². The van der Waals surface area contributed by atoms with Crippen LogP contribution in [0.15, 0.2) is 6.20 Å². The quantitative estimate of drug-likeness (QED) is 0.826. The van der Waals surface area contributed by atoms with Crippen LogP contribution in [-0.2, 0) is 4.74 Å². The van der Waals surface area contributed by atoms with Gasteiger partial charge in [-0.05, 0) is 41.7 Å². The smallest absolute Gasteiger partial charge is 0.161 e. The third-order valence-corrected chi connectivity index (χ3v) is 3.28. The first kappa shape index (κ1) is 16.0. The molecule has 0 amide bonds. The lowest BCUT2D eigenvalue weighted by Gasteiger charge is -2.35. The summed E-state index contributed by atoms with van der Waals surface area (Å²) in [7, 11) is 3.61. The highest BCUT2D eigenvalue weighted by molar-refractivity contribution is 5.30. The van der Waals surface area contributed by atoms with Crippen molar-refractivity contribution in [3.63, 3.8) is 0 Å². The van der Waals surface area contributed by atoms with E-state index in [2.05, 4.69) is 38.1 Å². The van der Waals surface area contributed by atoms with Gasteiger partial charge in [0.15, 0.2) is 5.75 Å². The third kappa shape index (κ3) is 3.28. The van der Waals surface area contributed by atoms with Gasteiger partial charge < -0.3 is 14.8 Å². The molecule has 0 aliphatic heterocycles. The number of nitrogens with one attached hydrogen (secondary N) is 1. The number of hydrogen-bond acceptors (Lipinski definition) is 4. The summed E-state index contributed by atoms with van der Waals surface area (Å²) in [6.07, 6.45) is 1.77. The Bertz CT molecular complexity index is 399. The van der Waals surface area contributed by atoms with Crippen molar-refractivity contribution in [2.24, 2.45) is 0 Å². The molecule has 5 nitrogen and oxygen atoms in total. The fraction of sp³-hybridized carbons (Fsp3) is 0.786. The number of methoxy groups -OCH3 is 1. The van der Waals surface area contributed by atoms with Gasteiger partial charge in [-0.25, -0.2) is 0 Å². The molecule has 0 fully saturated rings. The van der Waals surface area contributed by atoms with Crippen LogP contribution in [0.1, 0.15) is 52.4 Å². The highest BCUT2D eigenvalue weighted by Gasteiger charge is 2.35. The van der Waals surface area contributed by atoms with E-state index in [9.17, 15) is 0 Å². The van der Waals surface area contributed by atoms with Gasteiger partial charge in [0.1, 0.15) is 5.69 Å². The molecule has 0 radical (unpaired) electrons. The summed E-state index contributed by atoms with van der Waals surface area (Å²) in [5, 5.41) is 7.76. The molecular weight excluding hydrogens is 242 g/mol. The van der Waals surface area contributed by atoms with E-state index < -0.39 is 0 Å². The first-order valence-electron chi connectivity index (χ1n) is 6.81. The van der Waals surface area contributed by atoms with Crippen molar-refractivity contribution in [1.82, 2.24) is 15.1 Å². The Kier molecular flexibility index (Phi) is 5.38. The van der Waals surface area contributed by atoms with Crippen LogP contribution in [0.25, 0.3) is 0 Å². The largest absolute Gasteiger partial charge is 0.493 e. The van der Waals surface area contributed by atoms with Crippen molar-refractivity contribution in [3.05, 3.63) is 11.9 Å². The summed E-state index contributed by atoms with van der Waals surface area (Å²) in [5.41, 5.74) is 0.683. The average molecular weight is 269 g/mol. The highest BCUT2D eigenvalue weighted by Crippen LogP contribution is 2.35. The minimum absolute atomic E-state index is 0.00676. The van der Waals surface area contributed by atoms with Gasteiger partial charge in [0.2, 0.25) is 0 Å². The van der Waals surface area contributed by atoms with Crippen molar-refractivity contribution in [1.29, 1.82) is 0 Å². The first-order valence-corrected chi connectivity index (χ1v) is 6.81. The maximum atomic E-state index is 5.88. The molecule has 0 saturated carbocycles. The lowest BCUT2D eigenvalue weighted by atomic mass is 9.94. The second-order valence-corrected chi connectivity index (χ2v) is 5.39. The van der Waals surface area contributed by atoms with Crippen molar-refractivity contribution >= 4 is 0 Å². The predicted octanol–water partition coefficient (Wildman–Crippen LogP) is 2.55. The molecule has 110 valence electrons. The number of ether oxygens (including phenoxy) is 2.